The van der Waals surface area contributed by atoms with Gasteiger partial charge in [-0.15, -0.1) is 0 Å². The molecule has 0 saturated heterocycles. The second-order valence-corrected chi connectivity index (χ2v) is 10.4. The van der Waals surface area contributed by atoms with Crippen LogP contribution in [0.3, 0.4) is 0 Å². The van der Waals surface area contributed by atoms with Crippen LogP contribution in [0.15, 0.2) is 0 Å². The first-order chi connectivity index (χ1) is 18.1. The fourth-order valence-electron chi connectivity index (χ4n) is 5.61. The molecule has 4 aliphatic carbocycles. The first kappa shape index (κ1) is 34.0. The first-order valence-electron chi connectivity index (χ1n) is 11.7. The van der Waals surface area contributed by atoms with Gasteiger partial charge in [-0.1, -0.05) is 0 Å². The fraction of sp³-hybridized carbons (Fsp3) is 0.952. The van der Waals surface area contributed by atoms with Gasteiger partial charge in [0.05, 0.1) is 24.9 Å². The van der Waals surface area contributed by atoms with Crippen LogP contribution in [-0.2, 0) is 9.53 Å². The van der Waals surface area contributed by atoms with Crippen LogP contribution in [0.5, 0.6) is 0 Å². The minimum atomic E-state index is -8.08. The van der Waals surface area contributed by atoms with E-state index < -0.39 is 102 Å². The Morgan fingerprint density at radius 1 is 0.659 bits per heavy atom. The SMILES string of the molecule is CC(O)CCCC(O)CCC(O)COC(F)(F)C1(F)C2(F)C(=O)C3(F)C(F)(F)C(F)(C2(F)F)C(F)(F)C1(F)C3(F)F. The van der Waals surface area contributed by atoms with E-state index in [-0.39, 0.29) is 19.3 Å². The summed E-state index contributed by atoms with van der Waals surface area (Å²) in [6.45, 7) is -0.848. The second-order valence-electron chi connectivity index (χ2n) is 10.4. The largest absolute Gasteiger partial charge is 0.397 e. The van der Waals surface area contributed by atoms with E-state index in [4.69, 9.17) is 5.11 Å². The standard InChI is InChI=1S/C21H21F15O5/c1-8(37)3-2-4-9(38)5-6-10(39)7-41-21(35,36)14(24)12(22)11(40)13(23)18(29,30)15(14,25)20(33,34)16(26,17(12,27)28)19(13,31)32/h8-10,37-39H,2-7H2,1H3. The maximum absolute atomic E-state index is 15.7. The van der Waals surface area contributed by atoms with Crippen LogP contribution in [0, 0.1) is 0 Å². The van der Waals surface area contributed by atoms with E-state index in [0.29, 0.717) is 0 Å². The summed E-state index contributed by atoms with van der Waals surface area (Å²) in [6, 6.07) is 0. The summed E-state index contributed by atoms with van der Waals surface area (Å²) in [5.74, 6) is -36.4. The Hall–Kier alpha value is -1.54. The molecule has 4 fully saturated rings. The summed E-state index contributed by atoms with van der Waals surface area (Å²) < 4.78 is 226. The summed E-state index contributed by atoms with van der Waals surface area (Å²) in [4.78, 5) is 12.0. The monoisotopic (exact) mass is 638 g/mol. The number of rotatable bonds is 11. The average Bonchev–Trinajstić information content (AvgIpc) is 2.84. The van der Waals surface area contributed by atoms with Gasteiger partial charge in [0, 0.05) is 0 Å². The second kappa shape index (κ2) is 8.99. The Kier molecular flexibility index (Phi) is 7.45. The summed E-state index contributed by atoms with van der Waals surface area (Å²) in [7, 11) is 0. The number of hydrogen-bond donors (Lipinski definition) is 3. The number of Topliss-reactive ketones (excluding diaryl/α,β-unsaturated/α-hetero) is 1. The van der Waals surface area contributed by atoms with E-state index in [1.54, 1.807) is 0 Å². The maximum Gasteiger partial charge on any atom is 0.397 e. The smallest absolute Gasteiger partial charge is 0.393 e. The van der Waals surface area contributed by atoms with Crippen molar-refractivity contribution in [3.63, 3.8) is 0 Å². The van der Waals surface area contributed by atoms with Gasteiger partial charge in [0.1, 0.15) is 0 Å². The van der Waals surface area contributed by atoms with Gasteiger partial charge in [0.15, 0.2) is 0 Å². The zero-order valence-corrected chi connectivity index (χ0v) is 20.3. The molecule has 41 heavy (non-hydrogen) atoms. The molecule has 0 aliphatic heterocycles. The molecule has 0 radical (unpaired) electrons. The zero-order chi connectivity index (χ0) is 32.3. The van der Waals surface area contributed by atoms with Crippen molar-refractivity contribution in [3.8, 4) is 0 Å². The van der Waals surface area contributed by atoms with E-state index in [0.717, 1.165) is 0 Å². The Morgan fingerprint density at radius 2 is 1.10 bits per heavy atom. The number of carbonyl (C=O) groups excluding carboxylic acids is 1. The van der Waals surface area contributed by atoms with Crippen molar-refractivity contribution in [3.05, 3.63) is 0 Å². The summed E-state index contributed by atoms with van der Waals surface area (Å²) in [5.41, 5.74) is -38.5. The minimum absolute atomic E-state index is 0.0705. The topological polar surface area (TPSA) is 87.0 Å². The molecule has 0 aromatic carbocycles. The molecule has 8 atom stereocenters. The van der Waals surface area contributed by atoms with Crippen molar-refractivity contribution in [1.29, 1.82) is 0 Å². The van der Waals surface area contributed by atoms with E-state index in [9.17, 15) is 67.7 Å². The van der Waals surface area contributed by atoms with Gasteiger partial charge in [0.25, 0.3) is 17.0 Å². The highest BCUT2D eigenvalue weighted by Gasteiger charge is 3.21. The molecular formula is C21H21F15O5. The lowest BCUT2D eigenvalue weighted by Crippen LogP contribution is -3.08. The number of aliphatic hydroxyl groups is 3. The zero-order valence-electron chi connectivity index (χ0n) is 20.3. The van der Waals surface area contributed by atoms with E-state index in [2.05, 4.69) is 4.74 Å². The van der Waals surface area contributed by atoms with E-state index in [1.807, 2.05) is 0 Å². The molecule has 0 aromatic heterocycles. The van der Waals surface area contributed by atoms with E-state index in [1.165, 1.54) is 6.92 Å². The Morgan fingerprint density at radius 3 is 1.59 bits per heavy atom. The molecule has 0 aromatic rings. The van der Waals surface area contributed by atoms with Crippen LogP contribution in [0.25, 0.3) is 0 Å². The summed E-state index contributed by atoms with van der Waals surface area (Å²) >= 11 is 0. The van der Waals surface area contributed by atoms with Gasteiger partial charge in [0.2, 0.25) is 5.78 Å². The van der Waals surface area contributed by atoms with Crippen molar-refractivity contribution in [2.75, 3.05) is 6.61 Å². The lowest BCUT2D eigenvalue weighted by Gasteiger charge is -2.72. The van der Waals surface area contributed by atoms with Crippen LogP contribution in [0.2, 0.25) is 0 Å². The highest BCUT2D eigenvalue weighted by atomic mass is 19.3. The molecule has 0 heterocycles. The van der Waals surface area contributed by atoms with E-state index >= 15 is 13.2 Å². The Balaban J connectivity index is 2.04. The molecule has 20 heteroatoms. The van der Waals surface area contributed by atoms with Crippen LogP contribution >= 0.6 is 0 Å². The molecule has 5 nitrogen and oxygen atoms in total. The number of aliphatic hydroxyl groups excluding tert-OH is 3. The predicted molar refractivity (Wildman–Crippen MR) is 102 cm³/mol. The van der Waals surface area contributed by atoms with Gasteiger partial charge < -0.3 is 20.1 Å². The molecule has 240 valence electrons. The van der Waals surface area contributed by atoms with Gasteiger partial charge in [-0.3, -0.25) is 4.79 Å². The quantitative estimate of drug-likeness (QED) is 0.294. The normalized spacial score (nSPS) is 42.3. The van der Waals surface area contributed by atoms with Crippen LogP contribution in [0.1, 0.15) is 39.0 Å². The average molecular weight is 638 g/mol. The summed E-state index contributed by atoms with van der Waals surface area (Å²) in [5, 5.41) is 28.5. The number of ketones is 1. The molecule has 0 spiro atoms. The predicted octanol–water partition coefficient (Wildman–Crippen LogP) is 4.34. The number of hydrogen-bond acceptors (Lipinski definition) is 5. The highest BCUT2D eigenvalue weighted by Crippen LogP contribution is 2.86. The number of alkyl halides is 15. The third kappa shape index (κ3) is 3.20. The van der Waals surface area contributed by atoms with Gasteiger partial charge in [-0.05, 0) is 39.0 Å². The van der Waals surface area contributed by atoms with Crippen molar-refractivity contribution in [2.24, 2.45) is 0 Å². The molecule has 8 unspecified atom stereocenters. The third-order valence-electron chi connectivity index (χ3n) is 7.89. The van der Waals surface area contributed by atoms with Crippen molar-refractivity contribution in [1.82, 2.24) is 0 Å². The van der Waals surface area contributed by atoms with Gasteiger partial charge >= 0.3 is 41.1 Å². The lowest BCUT2D eigenvalue weighted by atomic mass is 9.38. The lowest BCUT2D eigenvalue weighted by molar-refractivity contribution is -0.555. The van der Waals surface area contributed by atoms with Crippen LogP contribution < -0.4 is 0 Å². The molecule has 4 bridgehead atoms. The molecule has 3 N–H and O–H groups in total. The molecule has 4 saturated carbocycles. The number of ether oxygens (including phenoxy) is 1. The first-order valence-corrected chi connectivity index (χ1v) is 11.7. The Labute approximate surface area is 219 Å². The van der Waals surface area contributed by atoms with Crippen molar-refractivity contribution in [2.45, 2.75) is 115 Å². The minimum Gasteiger partial charge on any atom is -0.393 e. The molecule has 4 aliphatic rings. The third-order valence-corrected chi connectivity index (χ3v) is 7.89. The maximum atomic E-state index is 15.7. The molecular weight excluding hydrogens is 617 g/mol. The fourth-order valence-corrected chi connectivity index (χ4v) is 5.61. The number of carbonyl (C=O) groups is 1. The van der Waals surface area contributed by atoms with Crippen molar-refractivity contribution < 1.29 is 90.7 Å². The Bertz CT molecular complexity index is 1070. The van der Waals surface area contributed by atoms with Crippen LogP contribution in [0.4, 0.5) is 65.9 Å². The molecule has 4 rings (SSSR count). The van der Waals surface area contributed by atoms with Gasteiger partial charge in [-0.2, -0.15) is 43.9 Å². The highest BCUT2D eigenvalue weighted by molar-refractivity contribution is 6.04. The van der Waals surface area contributed by atoms with Crippen molar-refractivity contribution >= 4 is 5.78 Å². The van der Waals surface area contributed by atoms with Crippen LogP contribution in [-0.4, -0.2) is 104 Å². The van der Waals surface area contributed by atoms with Gasteiger partial charge in [-0.25, -0.2) is 22.0 Å². The number of halogens is 15. The summed E-state index contributed by atoms with van der Waals surface area (Å²) in [6.07, 6.45) is -12.8. The molecule has 0 amide bonds.